The van der Waals surface area contributed by atoms with Gasteiger partial charge in [-0.2, -0.15) is 0 Å². The van der Waals surface area contributed by atoms with Gasteiger partial charge in [-0.25, -0.2) is 0 Å². The molecule has 1 aromatic carbocycles. The normalized spacial score (nSPS) is 14.6. The summed E-state index contributed by atoms with van der Waals surface area (Å²) in [4.78, 5) is 2.33. The number of nitrogens with zero attached hydrogens (tertiary/aromatic N) is 1. The minimum absolute atomic E-state index is 1.15. The highest BCUT2D eigenvalue weighted by Gasteiger charge is 2.14. The predicted octanol–water partition coefficient (Wildman–Crippen LogP) is 4.59. The third-order valence-electron chi connectivity index (χ3n) is 4.01. The van der Waals surface area contributed by atoms with Gasteiger partial charge in [-0.1, -0.05) is 18.2 Å². The second-order valence-electron chi connectivity index (χ2n) is 5.28. The van der Waals surface area contributed by atoms with E-state index in [1.807, 2.05) is 0 Å². The number of hydrogen-bond donors (Lipinski definition) is 0. The first-order valence-corrected chi connectivity index (χ1v) is 6.70. The number of hydrogen-bond acceptors (Lipinski definition) is 1. The van der Waals surface area contributed by atoms with Crippen molar-refractivity contribution in [3.05, 3.63) is 52.2 Å². The molecular weight excluding hydrogens is 218 g/mol. The lowest BCUT2D eigenvalue weighted by Gasteiger charge is -2.27. The average Bonchev–Trinajstić information content (AvgIpc) is 2.37. The molecule has 0 aromatic heterocycles. The van der Waals surface area contributed by atoms with E-state index in [-0.39, 0.29) is 0 Å². The summed E-state index contributed by atoms with van der Waals surface area (Å²) in [5.74, 6) is 0. The molecule has 0 unspecified atom stereocenters. The smallest absolute Gasteiger partial charge is 0.0470 e. The molecule has 0 saturated heterocycles. The van der Waals surface area contributed by atoms with E-state index < -0.39 is 0 Å². The second-order valence-corrected chi connectivity index (χ2v) is 5.28. The lowest BCUT2D eigenvalue weighted by molar-refractivity contribution is 0.976. The van der Waals surface area contributed by atoms with Gasteiger partial charge in [0.15, 0.2) is 0 Å². The highest BCUT2D eigenvalue weighted by Crippen LogP contribution is 2.32. The van der Waals surface area contributed by atoms with Crippen LogP contribution >= 0.6 is 0 Å². The zero-order valence-electron chi connectivity index (χ0n) is 12.2. The Morgan fingerprint density at radius 2 is 1.67 bits per heavy atom. The summed E-state index contributed by atoms with van der Waals surface area (Å²) in [6, 6.07) is 2.29. The van der Waals surface area contributed by atoms with Crippen molar-refractivity contribution in [2.24, 2.45) is 0 Å². The topological polar surface area (TPSA) is 3.24 Å². The lowest BCUT2D eigenvalue weighted by atomic mass is 9.97. The number of likely N-dealkylation sites (N-methyl/N-ethyl adjacent to an activating group) is 1. The molecule has 0 N–H and O–H groups in total. The minimum Gasteiger partial charge on any atom is -0.344 e. The van der Waals surface area contributed by atoms with Crippen LogP contribution in [-0.2, 0) is 0 Å². The minimum atomic E-state index is 1.15. The van der Waals surface area contributed by atoms with Crippen LogP contribution in [0.1, 0.15) is 35.1 Å². The van der Waals surface area contributed by atoms with Gasteiger partial charge < -0.3 is 4.90 Å². The van der Waals surface area contributed by atoms with Crippen LogP contribution in [0, 0.1) is 27.7 Å². The van der Waals surface area contributed by atoms with Gasteiger partial charge in [-0.3, -0.25) is 0 Å². The molecule has 0 atom stereocenters. The maximum atomic E-state index is 2.33. The summed E-state index contributed by atoms with van der Waals surface area (Å²) in [6.07, 6.45) is 9.14. The molecule has 0 spiro atoms. The Kier molecular flexibility index (Phi) is 3.60. The average molecular weight is 241 g/mol. The van der Waals surface area contributed by atoms with Gasteiger partial charge in [0.25, 0.3) is 0 Å². The molecule has 0 saturated carbocycles. The van der Waals surface area contributed by atoms with E-state index in [0.29, 0.717) is 0 Å². The van der Waals surface area contributed by atoms with E-state index in [9.17, 15) is 0 Å². The zero-order valence-corrected chi connectivity index (χ0v) is 12.2. The predicted molar refractivity (Wildman–Crippen MR) is 80.3 cm³/mol. The molecule has 1 heteroatoms. The first-order valence-electron chi connectivity index (χ1n) is 6.70. The van der Waals surface area contributed by atoms with Crippen LogP contribution in [0.3, 0.4) is 0 Å². The van der Waals surface area contributed by atoms with Gasteiger partial charge in [-0.15, -0.1) is 0 Å². The molecule has 1 aliphatic carbocycles. The van der Waals surface area contributed by atoms with Crippen molar-refractivity contribution in [3.63, 3.8) is 0 Å². The summed E-state index contributed by atoms with van der Waals surface area (Å²) >= 11 is 0. The molecule has 0 heterocycles. The molecule has 0 fully saturated rings. The largest absolute Gasteiger partial charge is 0.344 e. The Balaban J connectivity index is 2.48. The summed E-state index contributed by atoms with van der Waals surface area (Å²) in [5.41, 5.74) is 8.22. The molecule has 96 valence electrons. The number of allylic oxidation sites excluding steroid dienone is 3. The van der Waals surface area contributed by atoms with Crippen LogP contribution < -0.4 is 4.90 Å². The highest BCUT2D eigenvalue weighted by molar-refractivity contribution is 5.66. The quantitative estimate of drug-likeness (QED) is 0.732. The van der Waals surface area contributed by atoms with Crippen LogP contribution in [0.5, 0.6) is 0 Å². The summed E-state index contributed by atoms with van der Waals surface area (Å²) in [6.45, 7) is 8.85. The summed E-state index contributed by atoms with van der Waals surface area (Å²) in [7, 11) is 2.17. The Bertz CT molecular complexity index is 521. The molecule has 1 aliphatic rings. The number of anilines is 1. The van der Waals surface area contributed by atoms with Crippen LogP contribution in [0.15, 0.2) is 30.0 Å². The molecule has 0 radical (unpaired) electrons. The van der Waals surface area contributed by atoms with Crippen LogP contribution in [0.2, 0.25) is 0 Å². The number of aryl methyl sites for hydroxylation is 2. The van der Waals surface area contributed by atoms with Gasteiger partial charge in [0.05, 0.1) is 0 Å². The van der Waals surface area contributed by atoms with Crippen molar-refractivity contribution in [2.75, 3.05) is 11.9 Å². The lowest BCUT2D eigenvalue weighted by Crippen LogP contribution is -2.19. The van der Waals surface area contributed by atoms with E-state index in [4.69, 9.17) is 0 Å². The van der Waals surface area contributed by atoms with E-state index in [2.05, 4.69) is 63.9 Å². The maximum Gasteiger partial charge on any atom is 0.0470 e. The third kappa shape index (κ3) is 2.22. The molecule has 0 aliphatic heterocycles. The van der Waals surface area contributed by atoms with Crippen molar-refractivity contribution in [1.29, 1.82) is 0 Å². The van der Waals surface area contributed by atoms with Gasteiger partial charge in [0.2, 0.25) is 0 Å². The number of rotatable bonds is 2. The van der Waals surface area contributed by atoms with E-state index in [0.717, 1.165) is 6.42 Å². The fourth-order valence-corrected chi connectivity index (χ4v) is 2.76. The van der Waals surface area contributed by atoms with Crippen molar-refractivity contribution in [1.82, 2.24) is 0 Å². The van der Waals surface area contributed by atoms with E-state index in [1.54, 1.807) is 0 Å². The monoisotopic (exact) mass is 241 g/mol. The second kappa shape index (κ2) is 5.01. The van der Waals surface area contributed by atoms with E-state index >= 15 is 0 Å². The van der Waals surface area contributed by atoms with Crippen molar-refractivity contribution < 1.29 is 0 Å². The molecule has 1 nitrogen and oxygen atoms in total. The Morgan fingerprint density at radius 3 is 2.28 bits per heavy atom. The fraction of sp³-hybridized carbons (Fsp3) is 0.412. The van der Waals surface area contributed by atoms with Gasteiger partial charge >= 0.3 is 0 Å². The van der Waals surface area contributed by atoms with Crippen molar-refractivity contribution >= 4 is 5.69 Å². The zero-order chi connectivity index (χ0) is 13.3. The van der Waals surface area contributed by atoms with Crippen molar-refractivity contribution in [2.45, 2.75) is 40.5 Å². The highest BCUT2D eigenvalue weighted by atomic mass is 15.1. The Hall–Kier alpha value is -1.50. The van der Waals surface area contributed by atoms with Crippen LogP contribution in [0.4, 0.5) is 5.69 Å². The van der Waals surface area contributed by atoms with Gasteiger partial charge in [0.1, 0.15) is 0 Å². The van der Waals surface area contributed by atoms with Gasteiger partial charge in [0, 0.05) is 18.4 Å². The molecule has 18 heavy (non-hydrogen) atoms. The Labute approximate surface area is 111 Å². The summed E-state index contributed by atoms with van der Waals surface area (Å²) < 4.78 is 0. The maximum absolute atomic E-state index is 2.33. The molecular formula is C17H23N. The van der Waals surface area contributed by atoms with Gasteiger partial charge in [-0.05, 0) is 68.9 Å². The fourth-order valence-electron chi connectivity index (χ4n) is 2.76. The van der Waals surface area contributed by atoms with E-state index in [1.165, 1.54) is 40.1 Å². The standard InChI is InChI=1S/C17H23N/c1-12-11-13(2)17(15(4)14(12)3)18(5)16-9-7-6-8-10-16/h7,9-11H,6,8H2,1-5H3. The molecule has 2 rings (SSSR count). The van der Waals surface area contributed by atoms with Crippen LogP contribution in [0.25, 0.3) is 0 Å². The number of benzene rings is 1. The molecule has 1 aromatic rings. The first-order chi connectivity index (χ1) is 8.52. The SMILES string of the molecule is Cc1cc(C)c(N(C)C2=CCCC=C2)c(C)c1C. The third-order valence-corrected chi connectivity index (χ3v) is 4.01. The van der Waals surface area contributed by atoms with Crippen LogP contribution in [-0.4, -0.2) is 7.05 Å². The van der Waals surface area contributed by atoms with Crippen molar-refractivity contribution in [3.8, 4) is 0 Å². The Morgan fingerprint density at radius 1 is 0.944 bits per heavy atom. The summed E-state index contributed by atoms with van der Waals surface area (Å²) in [5, 5.41) is 0. The molecule has 0 amide bonds. The first kappa shape index (κ1) is 12.9. The molecule has 0 bridgehead atoms.